The number of primary amides is 1. The average Bonchev–Trinajstić information content (AvgIpc) is 2.34. The van der Waals surface area contributed by atoms with Crippen molar-refractivity contribution < 1.29 is 23.9 Å². The Bertz CT molecular complexity index is 575. The van der Waals surface area contributed by atoms with Gasteiger partial charge < -0.3 is 21.5 Å². The molecule has 114 valence electrons. The molecule has 8 heteroatoms. The van der Waals surface area contributed by atoms with Crippen molar-refractivity contribution in [2.24, 2.45) is 11.7 Å². The first-order valence-electron chi connectivity index (χ1n) is 6.12. The molecule has 1 unspecified atom stereocenters. The largest absolute Gasteiger partial charge is 0.478 e. The third-order valence-corrected chi connectivity index (χ3v) is 2.74. The molecule has 1 rings (SSSR count). The molecule has 5 N–H and O–H groups in total. The highest BCUT2D eigenvalue weighted by atomic mass is 19.1. The molecule has 0 aromatic heterocycles. The van der Waals surface area contributed by atoms with Gasteiger partial charge in [-0.05, 0) is 18.1 Å². The maximum absolute atomic E-state index is 13.4. The fraction of sp³-hybridized carbons (Fsp3) is 0.308. The van der Waals surface area contributed by atoms with Crippen LogP contribution in [0.5, 0.6) is 0 Å². The molecule has 0 aliphatic heterocycles. The first kappa shape index (κ1) is 16.4. The zero-order valence-electron chi connectivity index (χ0n) is 11.5. The minimum atomic E-state index is -1.52. The lowest BCUT2D eigenvalue weighted by Gasteiger charge is -2.19. The van der Waals surface area contributed by atoms with Gasteiger partial charge in [0.25, 0.3) is 0 Å². The number of hydrogen-bond donors (Lipinski definition) is 4. The summed E-state index contributed by atoms with van der Waals surface area (Å²) in [5, 5.41) is 13.4. The summed E-state index contributed by atoms with van der Waals surface area (Å²) in [5.41, 5.74) is 4.27. The number of rotatable bonds is 5. The van der Waals surface area contributed by atoms with Crippen molar-refractivity contribution in [3.63, 3.8) is 0 Å². The van der Waals surface area contributed by atoms with Crippen LogP contribution >= 0.6 is 0 Å². The summed E-state index contributed by atoms with van der Waals surface area (Å²) in [5.74, 6) is -3.47. The summed E-state index contributed by atoms with van der Waals surface area (Å²) in [7, 11) is 0. The van der Waals surface area contributed by atoms with Crippen LogP contribution in [0.3, 0.4) is 0 Å². The van der Waals surface area contributed by atoms with Gasteiger partial charge in [-0.25, -0.2) is 14.0 Å². The molecular weight excluding hydrogens is 281 g/mol. The van der Waals surface area contributed by atoms with E-state index in [9.17, 15) is 18.8 Å². The third kappa shape index (κ3) is 4.16. The number of carboxylic acids is 1. The van der Waals surface area contributed by atoms with Crippen LogP contribution in [0.1, 0.15) is 24.2 Å². The number of anilines is 1. The number of amides is 3. The van der Waals surface area contributed by atoms with Crippen LogP contribution in [0.4, 0.5) is 14.9 Å². The molecule has 0 aliphatic rings. The molecule has 0 bridgehead atoms. The second-order valence-corrected chi connectivity index (χ2v) is 4.69. The van der Waals surface area contributed by atoms with E-state index in [0.29, 0.717) is 0 Å². The van der Waals surface area contributed by atoms with Crippen LogP contribution in [-0.4, -0.2) is 29.1 Å². The van der Waals surface area contributed by atoms with Crippen molar-refractivity contribution in [3.8, 4) is 0 Å². The Balaban J connectivity index is 2.92. The number of nitrogens with two attached hydrogens (primary N) is 1. The molecule has 0 heterocycles. The number of halogens is 1. The summed E-state index contributed by atoms with van der Waals surface area (Å²) < 4.78 is 13.4. The lowest BCUT2D eigenvalue weighted by Crippen LogP contribution is -2.49. The van der Waals surface area contributed by atoms with Crippen LogP contribution in [0.15, 0.2) is 18.2 Å². The van der Waals surface area contributed by atoms with Crippen molar-refractivity contribution in [3.05, 3.63) is 29.6 Å². The quantitative estimate of drug-likeness (QED) is 0.651. The fourth-order valence-corrected chi connectivity index (χ4v) is 1.71. The normalized spacial score (nSPS) is 11.8. The Hall–Kier alpha value is -2.64. The first-order chi connectivity index (χ1) is 9.73. The lowest BCUT2D eigenvalue weighted by molar-refractivity contribution is -0.120. The number of nitrogens with one attached hydrogen (secondary N) is 2. The van der Waals surface area contributed by atoms with Gasteiger partial charge in [0.1, 0.15) is 17.4 Å². The van der Waals surface area contributed by atoms with Crippen molar-refractivity contribution in [2.45, 2.75) is 19.9 Å². The topological polar surface area (TPSA) is 122 Å². The summed E-state index contributed by atoms with van der Waals surface area (Å²) in [6.07, 6.45) is 0. The molecular formula is C13H16FN3O4. The van der Waals surface area contributed by atoms with E-state index in [1.54, 1.807) is 13.8 Å². The van der Waals surface area contributed by atoms with Crippen LogP contribution in [0.2, 0.25) is 0 Å². The summed E-state index contributed by atoms with van der Waals surface area (Å²) >= 11 is 0. The van der Waals surface area contributed by atoms with Crippen LogP contribution in [0.25, 0.3) is 0 Å². The van der Waals surface area contributed by atoms with E-state index in [4.69, 9.17) is 10.8 Å². The van der Waals surface area contributed by atoms with Gasteiger partial charge in [-0.3, -0.25) is 4.79 Å². The highest BCUT2D eigenvalue weighted by molar-refractivity contribution is 6.01. The Labute approximate surface area is 120 Å². The molecule has 7 nitrogen and oxygen atoms in total. The molecule has 21 heavy (non-hydrogen) atoms. The average molecular weight is 297 g/mol. The van der Waals surface area contributed by atoms with Crippen molar-refractivity contribution in [1.82, 2.24) is 5.32 Å². The van der Waals surface area contributed by atoms with Crippen LogP contribution in [-0.2, 0) is 4.79 Å². The molecule has 0 aliphatic carbocycles. The first-order valence-corrected chi connectivity index (χ1v) is 6.12. The molecule has 1 atom stereocenters. The van der Waals surface area contributed by atoms with Gasteiger partial charge in [0.15, 0.2) is 0 Å². The second kappa shape index (κ2) is 6.69. The highest BCUT2D eigenvalue weighted by Crippen LogP contribution is 2.19. The van der Waals surface area contributed by atoms with Crippen molar-refractivity contribution in [1.29, 1.82) is 0 Å². The van der Waals surface area contributed by atoms with E-state index >= 15 is 0 Å². The maximum atomic E-state index is 13.4. The van der Waals surface area contributed by atoms with E-state index in [2.05, 4.69) is 10.6 Å². The molecule has 0 fully saturated rings. The molecule has 0 radical (unpaired) electrons. The Morgan fingerprint density at radius 2 is 1.90 bits per heavy atom. The molecule has 1 aromatic carbocycles. The molecule has 1 aromatic rings. The SMILES string of the molecule is CC(C)C(NC(=O)Nc1cccc(F)c1C(=O)O)C(N)=O. The highest BCUT2D eigenvalue weighted by Gasteiger charge is 2.23. The van der Waals surface area contributed by atoms with E-state index < -0.39 is 35.3 Å². The summed E-state index contributed by atoms with van der Waals surface area (Å²) in [6, 6.07) is 1.69. The number of hydrogen-bond acceptors (Lipinski definition) is 3. The third-order valence-electron chi connectivity index (χ3n) is 2.74. The van der Waals surface area contributed by atoms with Gasteiger partial charge in [-0.15, -0.1) is 0 Å². The van der Waals surface area contributed by atoms with Gasteiger partial charge in [0.05, 0.1) is 5.69 Å². The lowest BCUT2D eigenvalue weighted by atomic mass is 10.0. The van der Waals surface area contributed by atoms with E-state index in [0.717, 1.165) is 6.07 Å². The van der Waals surface area contributed by atoms with Crippen molar-refractivity contribution in [2.75, 3.05) is 5.32 Å². The minimum Gasteiger partial charge on any atom is -0.478 e. The Morgan fingerprint density at radius 1 is 1.29 bits per heavy atom. The Kier molecular flexibility index (Phi) is 5.23. The van der Waals surface area contributed by atoms with Gasteiger partial charge in [0, 0.05) is 0 Å². The monoisotopic (exact) mass is 297 g/mol. The Morgan fingerprint density at radius 3 is 2.38 bits per heavy atom. The standard InChI is InChI=1S/C13H16FN3O4/c1-6(2)10(11(15)18)17-13(21)16-8-5-3-4-7(14)9(8)12(19)20/h3-6,10H,1-2H3,(H2,15,18)(H,19,20)(H2,16,17,21). The van der Waals surface area contributed by atoms with Gasteiger partial charge >= 0.3 is 12.0 Å². The van der Waals surface area contributed by atoms with Crippen molar-refractivity contribution >= 4 is 23.6 Å². The molecule has 0 saturated heterocycles. The molecule has 0 saturated carbocycles. The number of aromatic carboxylic acids is 1. The van der Waals surface area contributed by atoms with Crippen LogP contribution < -0.4 is 16.4 Å². The maximum Gasteiger partial charge on any atom is 0.340 e. The minimum absolute atomic E-state index is 0.216. The predicted molar refractivity (Wildman–Crippen MR) is 73.3 cm³/mol. The number of carboxylic acid groups (broad SMARTS) is 1. The van der Waals surface area contributed by atoms with Crippen LogP contribution in [0, 0.1) is 11.7 Å². The number of carbonyl (C=O) groups excluding carboxylic acids is 2. The van der Waals surface area contributed by atoms with Gasteiger partial charge in [-0.2, -0.15) is 0 Å². The fourth-order valence-electron chi connectivity index (χ4n) is 1.71. The number of urea groups is 1. The number of carbonyl (C=O) groups is 3. The zero-order chi connectivity index (χ0) is 16.2. The van der Waals surface area contributed by atoms with Gasteiger partial charge in [0.2, 0.25) is 5.91 Å². The second-order valence-electron chi connectivity index (χ2n) is 4.69. The van der Waals surface area contributed by atoms with E-state index in [1.165, 1.54) is 12.1 Å². The van der Waals surface area contributed by atoms with Gasteiger partial charge in [-0.1, -0.05) is 19.9 Å². The predicted octanol–water partition coefficient (Wildman–Crippen LogP) is 1.16. The smallest absolute Gasteiger partial charge is 0.340 e. The van der Waals surface area contributed by atoms with E-state index in [-0.39, 0.29) is 11.6 Å². The number of benzene rings is 1. The van der Waals surface area contributed by atoms with E-state index in [1.807, 2.05) is 0 Å². The summed E-state index contributed by atoms with van der Waals surface area (Å²) in [6.45, 7) is 3.36. The zero-order valence-corrected chi connectivity index (χ0v) is 11.5. The summed E-state index contributed by atoms with van der Waals surface area (Å²) in [4.78, 5) is 33.9. The molecule has 3 amide bonds. The molecule has 0 spiro atoms.